The lowest BCUT2D eigenvalue weighted by atomic mass is 9.88. The van der Waals surface area contributed by atoms with Gasteiger partial charge < -0.3 is 15.5 Å². The number of urea groups is 1. The van der Waals surface area contributed by atoms with E-state index >= 15 is 0 Å². The van der Waals surface area contributed by atoms with Gasteiger partial charge in [0.05, 0.1) is 0 Å². The lowest BCUT2D eigenvalue weighted by Gasteiger charge is -2.39. The van der Waals surface area contributed by atoms with Crippen molar-refractivity contribution in [3.63, 3.8) is 0 Å². The van der Waals surface area contributed by atoms with E-state index in [2.05, 4.69) is 10.6 Å². The number of carbonyl (C=O) groups is 3. The van der Waals surface area contributed by atoms with Crippen LogP contribution in [0.15, 0.2) is 48.5 Å². The van der Waals surface area contributed by atoms with Crippen molar-refractivity contribution < 1.29 is 18.8 Å². The van der Waals surface area contributed by atoms with Gasteiger partial charge in [-0.15, -0.1) is 0 Å². The van der Waals surface area contributed by atoms with Crippen LogP contribution >= 0.6 is 0 Å². The summed E-state index contributed by atoms with van der Waals surface area (Å²) < 4.78 is 13.2. The molecule has 4 rings (SSSR count). The Hall–Kier alpha value is -3.22. The first-order valence-corrected chi connectivity index (χ1v) is 12.1. The number of piperidine rings is 1. The van der Waals surface area contributed by atoms with Crippen LogP contribution in [0.1, 0.15) is 61.4 Å². The van der Waals surface area contributed by atoms with E-state index in [4.69, 9.17) is 0 Å². The molecule has 34 heavy (non-hydrogen) atoms. The van der Waals surface area contributed by atoms with E-state index in [1.165, 1.54) is 19.1 Å². The molecule has 7 heteroatoms. The van der Waals surface area contributed by atoms with Crippen LogP contribution in [0.3, 0.4) is 0 Å². The Kier molecular flexibility index (Phi) is 7.29. The van der Waals surface area contributed by atoms with Gasteiger partial charge in [-0.05, 0) is 74.8 Å². The highest BCUT2D eigenvalue weighted by Crippen LogP contribution is 2.33. The number of nitrogens with one attached hydrogen (secondary N) is 2. The summed E-state index contributed by atoms with van der Waals surface area (Å²) in [5, 5.41) is 5.78. The summed E-state index contributed by atoms with van der Waals surface area (Å²) in [5.74, 6) is -0.0252. The van der Waals surface area contributed by atoms with Crippen LogP contribution < -0.4 is 10.6 Å². The minimum absolute atomic E-state index is 0.0126. The number of hydrogen-bond acceptors (Lipinski definition) is 3. The van der Waals surface area contributed by atoms with Crippen molar-refractivity contribution in [1.82, 2.24) is 10.2 Å². The van der Waals surface area contributed by atoms with E-state index in [9.17, 15) is 18.8 Å². The van der Waals surface area contributed by atoms with E-state index in [1.807, 2.05) is 17.0 Å². The van der Waals surface area contributed by atoms with Crippen LogP contribution in [0, 0.1) is 11.7 Å². The van der Waals surface area contributed by atoms with E-state index in [-0.39, 0.29) is 17.5 Å². The second-order valence-corrected chi connectivity index (χ2v) is 9.60. The van der Waals surface area contributed by atoms with Gasteiger partial charge in [0.2, 0.25) is 5.91 Å². The molecule has 1 aliphatic carbocycles. The first kappa shape index (κ1) is 23.9. The Morgan fingerprint density at radius 3 is 2.50 bits per heavy atom. The summed E-state index contributed by atoms with van der Waals surface area (Å²) in [6.45, 7) is 2.81. The first-order chi connectivity index (χ1) is 16.3. The SMILES string of the molecule is CC(=O)c1cccc(NC(=O)NC2(C(=O)N3CCC[C@@H](Cc4ccc(F)cc4)C3)CCCC2)c1. The topological polar surface area (TPSA) is 78.5 Å². The molecule has 0 radical (unpaired) electrons. The Bertz CT molecular complexity index is 1050. The van der Waals surface area contributed by atoms with E-state index < -0.39 is 11.6 Å². The molecular formula is C27H32FN3O3. The van der Waals surface area contributed by atoms with Crippen molar-refractivity contribution in [2.45, 2.75) is 57.4 Å². The largest absolute Gasteiger partial charge is 0.340 e. The predicted molar refractivity (Wildman–Crippen MR) is 129 cm³/mol. The standard InChI is InChI=1S/C27H32FN3O3/c1-19(32)22-7-4-8-24(17-22)29-26(34)30-27(13-2-3-14-27)25(33)31-15-5-6-21(18-31)16-20-9-11-23(28)12-10-20/h4,7-12,17,21H,2-3,5-6,13-16,18H2,1H3,(H2,29,30,34)/t21-/m0/s1. The fraction of sp³-hybridized carbons (Fsp3) is 0.444. The molecule has 180 valence electrons. The average Bonchev–Trinajstić information content (AvgIpc) is 3.30. The predicted octanol–water partition coefficient (Wildman–Crippen LogP) is 4.94. The van der Waals surface area contributed by atoms with Gasteiger partial charge in [0.15, 0.2) is 5.78 Å². The minimum atomic E-state index is -0.903. The van der Waals surface area contributed by atoms with Gasteiger partial charge in [-0.1, -0.05) is 37.1 Å². The monoisotopic (exact) mass is 465 g/mol. The molecule has 0 aromatic heterocycles. The van der Waals surface area contributed by atoms with Gasteiger partial charge >= 0.3 is 6.03 Å². The molecule has 2 fully saturated rings. The number of halogens is 1. The third-order valence-corrected chi connectivity index (χ3v) is 6.99. The highest BCUT2D eigenvalue weighted by Gasteiger charge is 2.45. The van der Waals surface area contributed by atoms with Crippen LogP contribution in [0.25, 0.3) is 0 Å². The number of carbonyl (C=O) groups excluding carboxylic acids is 3. The van der Waals surface area contributed by atoms with Crippen LogP contribution in [0.4, 0.5) is 14.9 Å². The van der Waals surface area contributed by atoms with Crippen molar-refractivity contribution >= 4 is 23.4 Å². The van der Waals surface area contributed by atoms with Crippen molar-refractivity contribution in [2.75, 3.05) is 18.4 Å². The summed E-state index contributed by atoms with van der Waals surface area (Å²) in [4.78, 5) is 40.1. The fourth-order valence-corrected chi connectivity index (χ4v) is 5.24. The maximum absolute atomic E-state index is 13.7. The highest BCUT2D eigenvalue weighted by molar-refractivity contribution is 5.98. The summed E-state index contributed by atoms with van der Waals surface area (Å²) in [5.41, 5.74) is 1.20. The zero-order valence-corrected chi connectivity index (χ0v) is 19.6. The van der Waals surface area contributed by atoms with Gasteiger partial charge in [0, 0.05) is 24.3 Å². The smallest absolute Gasteiger partial charge is 0.320 e. The van der Waals surface area contributed by atoms with Crippen LogP contribution in [0.5, 0.6) is 0 Å². The van der Waals surface area contributed by atoms with Crippen LogP contribution in [-0.4, -0.2) is 41.2 Å². The number of hydrogen-bond donors (Lipinski definition) is 2. The lowest BCUT2D eigenvalue weighted by Crippen LogP contribution is -2.60. The Labute approximate surface area is 199 Å². The summed E-state index contributed by atoms with van der Waals surface area (Å²) in [6, 6.07) is 12.9. The molecule has 0 unspecified atom stereocenters. The van der Waals surface area contributed by atoms with Gasteiger partial charge in [-0.3, -0.25) is 9.59 Å². The van der Waals surface area contributed by atoms with Gasteiger partial charge in [-0.2, -0.15) is 0 Å². The summed E-state index contributed by atoms with van der Waals surface area (Å²) in [6.07, 6.45) is 5.75. The number of amides is 3. The van der Waals surface area contributed by atoms with Crippen molar-refractivity contribution in [1.29, 1.82) is 0 Å². The molecule has 1 atom stereocenters. The normalized spacial score (nSPS) is 19.5. The summed E-state index contributed by atoms with van der Waals surface area (Å²) >= 11 is 0. The van der Waals surface area contributed by atoms with Gasteiger partial charge in [0.1, 0.15) is 11.4 Å². The molecule has 2 aliphatic rings. The van der Waals surface area contributed by atoms with Crippen LogP contribution in [-0.2, 0) is 11.2 Å². The van der Waals surface area contributed by atoms with Crippen molar-refractivity contribution in [2.24, 2.45) is 5.92 Å². The zero-order valence-electron chi connectivity index (χ0n) is 19.6. The molecule has 1 saturated carbocycles. The zero-order chi connectivity index (χ0) is 24.1. The molecule has 0 bridgehead atoms. The number of anilines is 1. The maximum atomic E-state index is 13.7. The molecule has 2 aromatic rings. The Morgan fingerprint density at radius 2 is 1.79 bits per heavy atom. The molecule has 1 aliphatic heterocycles. The second-order valence-electron chi connectivity index (χ2n) is 9.60. The number of ketones is 1. The van der Waals surface area contributed by atoms with Crippen LogP contribution in [0.2, 0.25) is 0 Å². The van der Waals surface area contributed by atoms with E-state index in [0.717, 1.165) is 37.7 Å². The molecule has 3 amide bonds. The quantitative estimate of drug-likeness (QED) is 0.593. The second kappa shape index (κ2) is 10.4. The maximum Gasteiger partial charge on any atom is 0.320 e. The number of nitrogens with zero attached hydrogens (tertiary/aromatic N) is 1. The Morgan fingerprint density at radius 1 is 1.06 bits per heavy atom. The highest BCUT2D eigenvalue weighted by atomic mass is 19.1. The number of Topliss-reactive ketones (excluding diaryl/α,β-unsaturated/α-hetero) is 1. The molecule has 2 N–H and O–H groups in total. The third kappa shape index (κ3) is 5.64. The number of rotatable bonds is 6. The minimum Gasteiger partial charge on any atom is -0.340 e. The average molecular weight is 466 g/mol. The number of benzene rings is 2. The molecule has 1 saturated heterocycles. The van der Waals surface area contributed by atoms with E-state index in [1.54, 1.807) is 24.3 Å². The van der Waals surface area contributed by atoms with Gasteiger partial charge in [0.25, 0.3) is 0 Å². The Balaban J connectivity index is 1.41. The molecule has 2 aromatic carbocycles. The molecule has 0 spiro atoms. The molecule has 6 nitrogen and oxygen atoms in total. The van der Waals surface area contributed by atoms with Crippen molar-refractivity contribution in [3.05, 3.63) is 65.5 Å². The third-order valence-electron chi connectivity index (χ3n) is 6.99. The molecule has 1 heterocycles. The fourth-order valence-electron chi connectivity index (χ4n) is 5.24. The van der Waals surface area contributed by atoms with E-state index in [0.29, 0.717) is 43.1 Å². The van der Waals surface area contributed by atoms with Gasteiger partial charge in [-0.25, -0.2) is 9.18 Å². The molecular weight excluding hydrogens is 433 g/mol. The lowest BCUT2D eigenvalue weighted by molar-refractivity contribution is -0.139. The summed E-state index contributed by atoms with van der Waals surface area (Å²) in [7, 11) is 0. The number of likely N-dealkylation sites (tertiary alicyclic amines) is 1. The first-order valence-electron chi connectivity index (χ1n) is 12.1. The van der Waals surface area contributed by atoms with Crippen molar-refractivity contribution in [3.8, 4) is 0 Å².